The Morgan fingerprint density at radius 2 is 2.08 bits per heavy atom. The fourth-order valence-electron chi connectivity index (χ4n) is 0.932. The lowest BCUT2D eigenvalue weighted by Gasteiger charge is -2.08. The highest BCUT2D eigenvalue weighted by Gasteiger charge is 2.39. The first-order chi connectivity index (χ1) is 5.84. The third kappa shape index (κ3) is 2.41. The number of carboxylic acid groups (broad SMARTS) is 1. The quantitative estimate of drug-likeness (QED) is 0.668. The van der Waals surface area contributed by atoms with Crippen molar-refractivity contribution in [1.29, 1.82) is 0 Å². The van der Waals surface area contributed by atoms with Crippen molar-refractivity contribution in [2.75, 3.05) is 0 Å². The smallest absolute Gasteiger partial charge is 0.323 e. The summed E-state index contributed by atoms with van der Waals surface area (Å²) in [6.45, 7) is 3.08. The summed E-state index contributed by atoms with van der Waals surface area (Å²) in [7, 11) is -3.68. The van der Waals surface area contributed by atoms with Gasteiger partial charge >= 0.3 is 5.97 Å². The Labute approximate surface area is 77.2 Å². The van der Waals surface area contributed by atoms with Crippen LogP contribution in [0.3, 0.4) is 0 Å². The maximum Gasteiger partial charge on any atom is 0.323 e. The van der Waals surface area contributed by atoms with Crippen molar-refractivity contribution in [2.45, 2.75) is 31.6 Å². The van der Waals surface area contributed by atoms with Gasteiger partial charge in [-0.2, -0.15) is 0 Å². The Morgan fingerprint density at radius 1 is 1.62 bits per heavy atom. The van der Waals surface area contributed by atoms with Gasteiger partial charge in [0.15, 0.2) is 5.25 Å². The standard InChI is InChI=1S/C7H13NO4S/c1-4-3-6(4)8-13(11,12)5(2)7(9)10/h4-6,8H,3H2,1-2H3,(H,9,10). The lowest BCUT2D eigenvalue weighted by atomic mass is 10.5. The van der Waals surface area contributed by atoms with E-state index in [1.54, 1.807) is 0 Å². The van der Waals surface area contributed by atoms with E-state index in [1.165, 1.54) is 0 Å². The zero-order valence-corrected chi connectivity index (χ0v) is 8.34. The van der Waals surface area contributed by atoms with E-state index in [1.807, 2.05) is 6.92 Å². The molecule has 0 aliphatic heterocycles. The molecule has 0 bridgehead atoms. The van der Waals surface area contributed by atoms with E-state index in [9.17, 15) is 13.2 Å². The molecule has 1 aliphatic carbocycles. The molecule has 0 amide bonds. The van der Waals surface area contributed by atoms with Crippen molar-refractivity contribution in [3.63, 3.8) is 0 Å². The van der Waals surface area contributed by atoms with Gasteiger partial charge in [-0.05, 0) is 19.3 Å². The van der Waals surface area contributed by atoms with Crippen LogP contribution in [0.1, 0.15) is 20.3 Å². The van der Waals surface area contributed by atoms with E-state index < -0.39 is 21.2 Å². The third-order valence-electron chi connectivity index (χ3n) is 2.24. The number of hydrogen-bond donors (Lipinski definition) is 2. The first-order valence-corrected chi connectivity index (χ1v) is 5.63. The maximum absolute atomic E-state index is 11.3. The van der Waals surface area contributed by atoms with Gasteiger partial charge in [0, 0.05) is 6.04 Å². The Kier molecular flexibility index (Phi) is 2.63. The Morgan fingerprint density at radius 3 is 2.38 bits per heavy atom. The molecule has 13 heavy (non-hydrogen) atoms. The van der Waals surface area contributed by atoms with Crippen molar-refractivity contribution < 1.29 is 18.3 Å². The van der Waals surface area contributed by atoms with Crippen molar-refractivity contribution in [3.8, 4) is 0 Å². The summed E-state index contributed by atoms with van der Waals surface area (Å²) in [6.07, 6.45) is 0.797. The fraction of sp³-hybridized carbons (Fsp3) is 0.857. The van der Waals surface area contributed by atoms with Crippen molar-refractivity contribution in [1.82, 2.24) is 4.72 Å². The van der Waals surface area contributed by atoms with Crippen molar-refractivity contribution >= 4 is 16.0 Å². The van der Waals surface area contributed by atoms with Crippen molar-refractivity contribution in [3.05, 3.63) is 0 Å². The number of nitrogens with one attached hydrogen (secondary N) is 1. The van der Waals surface area contributed by atoms with Gasteiger partial charge in [-0.25, -0.2) is 13.1 Å². The number of aliphatic carboxylic acids is 1. The van der Waals surface area contributed by atoms with Crippen LogP contribution in [-0.2, 0) is 14.8 Å². The van der Waals surface area contributed by atoms with E-state index in [0.29, 0.717) is 5.92 Å². The fourth-order valence-corrected chi connectivity index (χ4v) is 2.15. The van der Waals surface area contributed by atoms with E-state index in [4.69, 9.17) is 5.11 Å². The van der Waals surface area contributed by atoms with Crippen LogP contribution in [0.2, 0.25) is 0 Å². The first-order valence-electron chi connectivity index (χ1n) is 4.08. The number of carbonyl (C=O) groups is 1. The Hall–Kier alpha value is -0.620. The highest BCUT2D eigenvalue weighted by Crippen LogP contribution is 2.30. The predicted molar refractivity (Wildman–Crippen MR) is 46.7 cm³/mol. The zero-order chi connectivity index (χ0) is 10.2. The van der Waals surface area contributed by atoms with Gasteiger partial charge in [-0.1, -0.05) is 6.92 Å². The molecule has 5 nitrogen and oxygen atoms in total. The molecule has 0 spiro atoms. The Bertz CT molecular complexity index is 310. The van der Waals surface area contributed by atoms with E-state index in [2.05, 4.69) is 4.72 Å². The third-order valence-corrected chi connectivity index (χ3v) is 4.00. The second kappa shape index (κ2) is 3.26. The van der Waals surface area contributed by atoms with Gasteiger partial charge in [0.2, 0.25) is 10.0 Å². The maximum atomic E-state index is 11.3. The van der Waals surface area contributed by atoms with Gasteiger partial charge in [-0.15, -0.1) is 0 Å². The highest BCUT2D eigenvalue weighted by molar-refractivity contribution is 7.90. The topological polar surface area (TPSA) is 83.5 Å². The number of sulfonamides is 1. The number of hydrogen-bond acceptors (Lipinski definition) is 3. The highest BCUT2D eigenvalue weighted by atomic mass is 32.2. The molecule has 1 rings (SSSR count). The molecule has 0 saturated heterocycles. The summed E-state index contributed by atoms with van der Waals surface area (Å²) in [5.41, 5.74) is 0. The molecule has 1 fully saturated rings. The molecule has 0 aromatic rings. The van der Waals surface area contributed by atoms with Crippen LogP contribution >= 0.6 is 0 Å². The molecule has 3 atom stereocenters. The van der Waals surface area contributed by atoms with E-state index >= 15 is 0 Å². The van der Waals surface area contributed by atoms with Crippen LogP contribution in [0.4, 0.5) is 0 Å². The minimum atomic E-state index is -3.68. The summed E-state index contributed by atoms with van der Waals surface area (Å²) in [4.78, 5) is 10.4. The van der Waals surface area contributed by atoms with Gasteiger partial charge in [0.1, 0.15) is 0 Å². The van der Waals surface area contributed by atoms with Crippen LogP contribution in [0.5, 0.6) is 0 Å². The average Bonchev–Trinajstić information content (AvgIpc) is 2.63. The second-order valence-electron chi connectivity index (χ2n) is 3.46. The van der Waals surface area contributed by atoms with Crippen LogP contribution < -0.4 is 4.72 Å². The number of rotatable bonds is 4. The van der Waals surface area contributed by atoms with E-state index in [-0.39, 0.29) is 6.04 Å². The summed E-state index contributed by atoms with van der Waals surface area (Å²) < 4.78 is 24.9. The predicted octanol–water partition coefficient (Wildman–Crippen LogP) is -0.213. The van der Waals surface area contributed by atoms with Crippen LogP contribution in [0.15, 0.2) is 0 Å². The first kappa shape index (κ1) is 10.5. The molecule has 0 aromatic heterocycles. The Balaban J connectivity index is 2.60. The van der Waals surface area contributed by atoms with Crippen LogP contribution in [0.25, 0.3) is 0 Å². The molecule has 2 N–H and O–H groups in total. The van der Waals surface area contributed by atoms with Crippen LogP contribution in [-0.4, -0.2) is 30.8 Å². The minimum absolute atomic E-state index is 0.0631. The SMILES string of the molecule is CC1CC1NS(=O)(=O)C(C)C(=O)O. The minimum Gasteiger partial charge on any atom is -0.480 e. The molecular formula is C7H13NO4S. The second-order valence-corrected chi connectivity index (χ2v) is 5.50. The summed E-state index contributed by atoms with van der Waals surface area (Å²) in [5, 5.41) is 7.12. The number of carboxylic acids is 1. The average molecular weight is 207 g/mol. The normalized spacial score (nSPS) is 29.7. The van der Waals surface area contributed by atoms with Gasteiger partial charge in [0.25, 0.3) is 0 Å². The van der Waals surface area contributed by atoms with Crippen LogP contribution in [0, 0.1) is 5.92 Å². The molecule has 1 saturated carbocycles. The van der Waals surface area contributed by atoms with Gasteiger partial charge in [0.05, 0.1) is 0 Å². The molecule has 0 radical (unpaired) electrons. The molecule has 6 heteroatoms. The summed E-state index contributed by atoms with van der Waals surface area (Å²) >= 11 is 0. The van der Waals surface area contributed by atoms with Gasteiger partial charge < -0.3 is 5.11 Å². The summed E-state index contributed by atoms with van der Waals surface area (Å²) in [6, 6.07) is -0.0631. The summed E-state index contributed by atoms with van der Waals surface area (Å²) in [5.74, 6) is -0.989. The van der Waals surface area contributed by atoms with E-state index in [0.717, 1.165) is 13.3 Å². The monoisotopic (exact) mass is 207 g/mol. The largest absolute Gasteiger partial charge is 0.480 e. The van der Waals surface area contributed by atoms with Crippen molar-refractivity contribution in [2.24, 2.45) is 5.92 Å². The molecule has 76 valence electrons. The van der Waals surface area contributed by atoms with Gasteiger partial charge in [-0.3, -0.25) is 4.79 Å². The molecule has 0 aromatic carbocycles. The molecule has 0 heterocycles. The molecular weight excluding hydrogens is 194 g/mol. The lowest BCUT2D eigenvalue weighted by Crippen LogP contribution is -2.38. The lowest BCUT2D eigenvalue weighted by molar-refractivity contribution is -0.136. The molecule has 1 aliphatic rings. The zero-order valence-electron chi connectivity index (χ0n) is 7.52. The molecule has 3 unspecified atom stereocenters.